The van der Waals surface area contributed by atoms with E-state index in [1.54, 1.807) is 18.2 Å². The Kier molecular flexibility index (Phi) is 7.85. The van der Waals surface area contributed by atoms with Crippen LogP contribution in [0, 0.1) is 0 Å². The minimum atomic E-state index is -3.92. The van der Waals surface area contributed by atoms with Crippen LogP contribution in [0.4, 0.5) is 0 Å². The Bertz CT molecular complexity index is 1650. The summed E-state index contributed by atoms with van der Waals surface area (Å²) in [5.74, 6) is 0. The highest BCUT2D eigenvalue weighted by Gasteiger charge is 2.27. The van der Waals surface area contributed by atoms with Gasteiger partial charge in [0.15, 0.2) is 0 Å². The van der Waals surface area contributed by atoms with Crippen molar-refractivity contribution in [2.45, 2.75) is 24.1 Å². The van der Waals surface area contributed by atoms with E-state index in [0.717, 1.165) is 27.7 Å². The molecule has 8 heteroatoms. The van der Waals surface area contributed by atoms with Crippen LogP contribution in [0.15, 0.2) is 103 Å². The molecular weight excluding hydrogens is 559 g/mol. The largest absolute Gasteiger partial charge is 0.333 e. The number of primary sulfonamides is 1. The summed E-state index contributed by atoms with van der Waals surface area (Å²) in [5.41, 5.74) is 4.70. The number of fused-ring (bicyclic) bond motifs is 1. The van der Waals surface area contributed by atoms with Crippen LogP contribution in [-0.4, -0.2) is 13.0 Å². The Labute approximate surface area is 237 Å². The van der Waals surface area contributed by atoms with Gasteiger partial charge in [0, 0.05) is 21.6 Å². The van der Waals surface area contributed by atoms with Gasteiger partial charge in [-0.05, 0) is 65.9 Å². The molecule has 38 heavy (non-hydrogen) atoms. The van der Waals surface area contributed by atoms with Crippen LogP contribution in [-0.2, 0) is 16.4 Å². The SMILES string of the molecule is NS(=O)(=O)C(CCc1cc2cc(Cl)ccc2n1C(c1ccccc1)c1ccccc1)c1ccc(Cl)c(Cl)c1. The van der Waals surface area contributed by atoms with E-state index in [-0.39, 0.29) is 17.5 Å². The smallest absolute Gasteiger partial charge is 0.216 e. The van der Waals surface area contributed by atoms with Gasteiger partial charge in [0.1, 0.15) is 5.25 Å². The van der Waals surface area contributed by atoms with Gasteiger partial charge in [0.25, 0.3) is 0 Å². The van der Waals surface area contributed by atoms with E-state index in [1.165, 1.54) is 0 Å². The van der Waals surface area contributed by atoms with Crippen molar-refractivity contribution in [1.29, 1.82) is 0 Å². The second-order valence-electron chi connectivity index (χ2n) is 9.22. The lowest BCUT2D eigenvalue weighted by atomic mass is 9.97. The molecule has 1 unspecified atom stereocenters. The summed E-state index contributed by atoms with van der Waals surface area (Å²) in [5, 5.41) is 7.02. The minimum absolute atomic E-state index is 0.135. The Morgan fingerprint density at radius 2 is 1.34 bits per heavy atom. The Morgan fingerprint density at radius 1 is 0.711 bits per heavy atom. The van der Waals surface area contributed by atoms with Gasteiger partial charge >= 0.3 is 0 Å². The highest BCUT2D eigenvalue weighted by atomic mass is 35.5. The maximum atomic E-state index is 12.7. The quantitative estimate of drug-likeness (QED) is 0.200. The third kappa shape index (κ3) is 5.63. The third-order valence-corrected chi connectivity index (χ3v) is 9.02. The zero-order valence-corrected chi connectivity index (χ0v) is 23.4. The predicted octanol–water partition coefficient (Wildman–Crippen LogP) is 8.20. The maximum absolute atomic E-state index is 12.7. The molecule has 0 aliphatic heterocycles. The number of aromatic nitrogens is 1. The summed E-state index contributed by atoms with van der Waals surface area (Å²) < 4.78 is 27.7. The van der Waals surface area contributed by atoms with E-state index in [0.29, 0.717) is 22.0 Å². The van der Waals surface area contributed by atoms with E-state index in [1.807, 2.05) is 54.6 Å². The lowest BCUT2D eigenvalue weighted by molar-refractivity contribution is 0.572. The molecule has 5 rings (SSSR count). The molecule has 0 bridgehead atoms. The molecule has 4 aromatic carbocycles. The van der Waals surface area contributed by atoms with Crippen LogP contribution < -0.4 is 5.14 Å². The van der Waals surface area contributed by atoms with Gasteiger partial charge in [-0.25, -0.2) is 13.6 Å². The zero-order chi connectivity index (χ0) is 26.9. The topological polar surface area (TPSA) is 65.1 Å². The normalized spacial score (nSPS) is 12.8. The van der Waals surface area contributed by atoms with Gasteiger partial charge in [-0.3, -0.25) is 0 Å². The van der Waals surface area contributed by atoms with Crippen molar-refractivity contribution < 1.29 is 8.42 Å². The molecule has 0 radical (unpaired) electrons. The maximum Gasteiger partial charge on any atom is 0.216 e. The molecule has 5 aromatic rings. The van der Waals surface area contributed by atoms with Gasteiger partial charge in [-0.1, -0.05) is 102 Å². The lowest BCUT2D eigenvalue weighted by Crippen LogP contribution is -2.23. The number of sulfonamides is 1. The first kappa shape index (κ1) is 26.8. The first-order valence-electron chi connectivity index (χ1n) is 12.1. The molecular formula is C30H25Cl3N2O2S. The minimum Gasteiger partial charge on any atom is -0.333 e. The first-order valence-corrected chi connectivity index (χ1v) is 14.8. The standard InChI is InChI=1S/C30H25Cl3N2O2S/c31-24-12-15-28-23(17-24)18-25(13-16-29(38(34,36)37)22-11-14-26(32)27(33)19-22)35(28)30(20-7-3-1-4-8-20)21-9-5-2-6-10-21/h1-12,14-15,17-19,29-30H,13,16H2,(H2,34,36,37). The molecule has 2 N–H and O–H groups in total. The Morgan fingerprint density at radius 3 is 1.92 bits per heavy atom. The number of halogens is 3. The zero-order valence-electron chi connectivity index (χ0n) is 20.3. The van der Waals surface area contributed by atoms with Crippen LogP contribution in [0.25, 0.3) is 10.9 Å². The summed E-state index contributed by atoms with van der Waals surface area (Å²) >= 11 is 18.6. The van der Waals surface area contributed by atoms with Crippen LogP contribution >= 0.6 is 34.8 Å². The number of nitrogens with two attached hydrogens (primary N) is 1. The number of nitrogens with zero attached hydrogens (tertiary/aromatic N) is 1. The van der Waals surface area contributed by atoms with Crippen molar-refractivity contribution in [3.05, 3.63) is 141 Å². The van der Waals surface area contributed by atoms with Crippen molar-refractivity contribution >= 4 is 55.7 Å². The van der Waals surface area contributed by atoms with E-state index < -0.39 is 15.3 Å². The molecule has 0 spiro atoms. The molecule has 0 saturated heterocycles. The monoisotopic (exact) mass is 582 g/mol. The average Bonchev–Trinajstić information content (AvgIpc) is 3.24. The fourth-order valence-corrected chi connectivity index (χ4v) is 6.49. The molecule has 1 heterocycles. The molecule has 1 atom stereocenters. The van der Waals surface area contributed by atoms with E-state index in [9.17, 15) is 8.42 Å². The molecule has 0 amide bonds. The van der Waals surface area contributed by atoms with Crippen molar-refractivity contribution in [3.63, 3.8) is 0 Å². The van der Waals surface area contributed by atoms with Gasteiger partial charge < -0.3 is 4.57 Å². The second kappa shape index (κ2) is 11.1. The number of aryl methyl sites for hydroxylation is 1. The predicted molar refractivity (Wildman–Crippen MR) is 158 cm³/mol. The van der Waals surface area contributed by atoms with E-state index in [4.69, 9.17) is 39.9 Å². The third-order valence-electron chi connectivity index (χ3n) is 6.74. The van der Waals surface area contributed by atoms with Crippen LogP contribution in [0.3, 0.4) is 0 Å². The summed E-state index contributed by atoms with van der Waals surface area (Å²) in [4.78, 5) is 0. The highest BCUT2D eigenvalue weighted by molar-refractivity contribution is 7.89. The molecule has 0 saturated carbocycles. The molecule has 0 aliphatic carbocycles. The Hall–Kier alpha value is -2.80. The summed E-state index contributed by atoms with van der Waals surface area (Å²) in [6, 6.07) is 33.1. The first-order chi connectivity index (χ1) is 18.2. The number of hydrogen-bond acceptors (Lipinski definition) is 2. The fourth-order valence-electron chi connectivity index (χ4n) is 5.04. The molecule has 1 aromatic heterocycles. The van der Waals surface area contributed by atoms with Crippen LogP contribution in [0.2, 0.25) is 15.1 Å². The van der Waals surface area contributed by atoms with Crippen molar-refractivity contribution in [2.24, 2.45) is 5.14 Å². The number of rotatable bonds is 8. The van der Waals surface area contributed by atoms with Gasteiger partial charge in [-0.2, -0.15) is 0 Å². The second-order valence-corrected chi connectivity index (χ2v) is 12.2. The summed E-state index contributed by atoms with van der Waals surface area (Å²) in [6.07, 6.45) is 0.709. The van der Waals surface area contributed by atoms with Crippen molar-refractivity contribution in [3.8, 4) is 0 Å². The Balaban J connectivity index is 1.64. The molecule has 0 aliphatic rings. The average molecular weight is 584 g/mol. The van der Waals surface area contributed by atoms with Crippen molar-refractivity contribution in [2.75, 3.05) is 0 Å². The van der Waals surface area contributed by atoms with E-state index >= 15 is 0 Å². The van der Waals surface area contributed by atoms with Crippen LogP contribution in [0.1, 0.15) is 40.1 Å². The van der Waals surface area contributed by atoms with E-state index in [2.05, 4.69) is 34.9 Å². The lowest BCUT2D eigenvalue weighted by Gasteiger charge is -2.25. The van der Waals surface area contributed by atoms with Crippen LogP contribution in [0.5, 0.6) is 0 Å². The molecule has 0 fully saturated rings. The van der Waals surface area contributed by atoms with Gasteiger partial charge in [-0.15, -0.1) is 0 Å². The summed E-state index contributed by atoms with van der Waals surface area (Å²) in [6.45, 7) is 0. The summed E-state index contributed by atoms with van der Waals surface area (Å²) in [7, 11) is -3.92. The highest BCUT2D eigenvalue weighted by Crippen LogP contribution is 2.37. The number of hydrogen-bond donors (Lipinski definition) is 1. The molecule has 4 nitrogen and oxygen atoms in total. The number of benzene rings is 4. The fraction of sp³-hybridized carbons (Fsp3) is 0.133. The van der Waals surface area contributed by atoms with Crippen molar-refractivity contribution in [1.82, 2.24) is 4.57 Å². The molecule has 194 valence electrons. The van der Waals surface area contributed by atoms with Gasteiger partial charge in [0.2, 0.25) is 10.0 Å². The van der Waals surface area contributed by atoms with Gasteiger partial charge in [0.05, 0.1) is 16.1 Å².